The van der Waals surface area contributed by atoms with E-state index in [1.165, 1.54) is 0 Å². The Morgan fingerprint density at radius 3 is 2.21 bits per heavy atom. The zero-order valence-corrected chi connectivity index (χ0v) is 16.6. The minimum absolute atomic E-state index is 0.0702. The molecule has 7 heteroatoms. The van der Waals surface area contributed by atoms with Crippen molar-refractivity contribution in [2.75, 3.05) is 26.2 Å². The van der Waals surface area contributed by atoms with Gasteiger partial charge in [0, 0.05) is 32.4 Å². The van der Waals surface area contributed by atoms with E-state index in [1.54, 1.807) is 51.1 Å². The summed E-state index contributed by atoms with van der Waals surface area (Å²) in [6.07, 6.45) is 4.05. The summed E-state index contributed by atoms with van der Waals surface area (Å²) in [4.78, 5) is 29.3. The lowest BCUT2D eigenvalue weighted by Crippen LogP contribution is -2.37. The number of benzene rings is 2. The first-order chi connectivity index (χ1) is 14.1. The quantitative estimate of drug-likeness (QED) is 0.666. The molecule has 29 heavy (non-hydrogen) atoms. The van der Waals surface area contributed by atoms with Crippen molar-refractivity contribution >= 4 is 23.4 Å². The number of amides is 2. The minimum Gasteiger partial charge on any atom is -0.337 e. The molecule has 2 heterocycles. The molecule has 0 N–H and O–H groups in total. The number of rotatable bonds is 3. The summed E-state index contributed by atoms with van der Waals surface area (Å²) in [5.41, 5.74) is 1.94. The summed E-state index contributed by atoms with van der Waals surface area (Å²) in [5.74, 6) is -0.166. The van der Waals surface area contributed by atoms with E-state index in [4.69, 9.17) is 11.6 Å². The van der Waals surface area contributed by atoms with Gasteiger partial charge in [0.2, 0.25) is 0 Å². The highest BCUT2D eigenvalue weighted by Crippen LogP contribution is 2.19. The van der Waals surface area contributed by atoms with Gasteiger partial charge in [-0.3, -0.25) is 9.59 Å². The third-order valence-corrected chi connectivity index (χ3v) is 5.35. The summed E-state index contributed by atoms with van der Waals surface area (Å²) in [6.45, 7) is 2.15. The lowest BCUT2D eigenvalue weighted by Gasteiger charge is -2.22. The molecule has 1 aliphatic rings. The van der Waals surface area contributed by atoms with Crippen molar-refractivity contribution in [2.24, 2.45) is 0 Å². The second-order valence-electron chi connectivity index (χ2n) is 6.93. The van der Waals surface area contributed by atoms with Crippen molar-refractivity contribution in [1.29, 1.82) is 0 Å². The molecule has 3 aromatic rings. The molecular weight excluding hydrogens is 388 g/mol. The predicted octanol–water partition coefficient (Wildman–Crippen LogP) is 3.51. The van der Waals surface area contributed by atoms with E-state index < -0.39 is 0 Å². The van der Waals surface area contributed by atoms with Crippen LogP contribution in [0.2, 0.25) is 5.02 Å². The molecule has 0 spiro atoms. The maximum atomic E-state index is 12.9. The maximum Gasteiger partial charge on any atom is 0.257 e. The first kappa shape index (κ1) is 19.2. The standard InChI is InChI=1S/C22H21ClN4O2/c23-20-10-5-4-9-19(20)22(29)26-12-6-11-25(13-14-26)21(28)17-15-24-27(16-17)18-7-2-1-3-8-18/h1-5,7-10,15-16H,6,11-14H2. The van der Waals surface area contributed by atoms with Crippen LogP contribution in [0.3, 0.4) is 0 Å². The SMILES string of the molecule is O=C(c1cnn(-c2ccccc2)c1)N1CCCN(C(=O)c2ccccc2Cl)CC1. The third kappa shape index (κ3) is 4.17. The van der Waals surface area contributed by atoms with Crippen molar-refractivity contribution in [3.63, 3.8) is 0 Å². The van der Waals surface area contributed by atoms with E-state index in [2.05, 4.69) is 5.10 Å². The van der Waals surface area contributed by atoms with E-state index in [1.807, 2.05) is 30.3 Å². The molecule has 1 aliphatic heterocycles. The lowest BCUT2D eigenvalue weighted by molar-refractivity contribution is 0.0719. The topological polar surface area (TPSA) is 58.4 Å². The number of para-hydroxylation sites is 1. The van der Waals surface area contributed by atoms with Gasteiger partial charge in [0.25, 0.3) is 11.8 Å². The Balaban J connectivity index is 1.43. The van der Waals surface area contributed by atoms with Crippen molar-refractivity contribution in [3.8, 4) is 5.69 Å². The van der Waals surface area contributed by atoms with E-state index >= 15 is 0 Å². The Labute approximate surface area is 174 Å². The maximum absolute atomic E-state index is 12.9. The van der Waals surface area contributed by atoms with Gasteiger partial charge in [0.05, 0.1) is 28.0 Å². The molecule has 4 rings (SSSR count). The summed E-state index contributed by atoms with van der Waals surface area (Å²) in [5, 5.41) is 4.76. The highest BCUT2D eigenvalue weighted by Gasteiger charge is 2.25. The summed E-state index contributed by atoms with van der Waals surface area (Å²) < 4.78 is 1.69. The molecule has 2 amide bonds. The fourth-order valence-electron chi connectivity index (χ4n) is 3.47. The average molecular weight is 409 g/mol. The zero-order chi connectivity index (χ0) is 20.2. The number of carbonyl (C=O) groups is 2. The van der Waals surface area contributed by atoms with Crippen molar-refractivity contribution in [1.82, 2.24) is 19.6 Å². The molecule has 0 saturated carbocycles. The lowest BCUT2D eigenvalue weighted by atomic mass is 10.2. The summed E-state index contributed by atoms with van der Waals surface area (Å²) in [7, 11) is 0. The van der Waals surface area contributed by atoms with Crippen molar-refractivity contribution in [2.45, 2.75) is 6.42 Å². The molecule has 148 valence electrons. The van der Waals surface area contributed by atoms with Crippen LogP contribution in [0.25, 0.3) is 5.69 Å². The highest BCUT2D eigenvalue weighted by molar-refractivity contribution is 6.33. The highest BCUT2D eigenvalue weighted by atomic mass is 35.5. The molecular formula is C22H21ClN4O2. The Morgan fingerprint density at radius 2 is 1.48 bits per heavy atom. The van der Waals surface area contributed by atoms with Gasteiger partial charge in [-0.2, -0.15) is 5.10 Å². The van der Waals surface area contributed by atoms with Crippen LogP contribution in [0.1, 0.15) is 27.1 Å². The molecule has 1 fully saturated rings. The number of hydrogen-bond donors (Lipinski definition) is 0. The number of hydrogen-bond acceptors (Lipinski definition) is 3. The van der Waals surface area contributed by atoms with Gasteiger partial charge in [0.15, 0.2) is 0 Å². The number of carbonyl (C=O) groups excluding carboxylic acids is 2. The Hall–Kier alpha value is -3.12. The Morgan fingerprint density at radius 1 is 0.828 bits per heavy atom. The van der Waals surface area contributed by atoms with Crippen LogP contribution in [0.15, 0.2) is 67.0 Å². The number of nitrogens with zero attached hydrogens (tertiary/aromatic N) is 4. The van der Waals surface area contributed by atoms with Crippen LogP contribution < -0.4 is 0 Å². The third-order valence-electron chi connectivity index (χ3n) is 5.02. The second-order valence-corrected chi connectivity index (χ2v) is 7.33. The van der Waals surface area contributed by atoms with E-state index in [-0.39, 0.29) is 11.8 Å². The normalized spacial score (nSPS) is 14.5. The largest absolute Gasteiger partial charge is 0.337 e. The van der Waals surface area contributed by atoms with Gasteiger partial charge in [0.1, 0.15) is 0 Å². The van der Waals surface area contributed by atoms with Gasteiger partial charge >= 0.3 is 0 Å². The van der Waals surface area contributed by atoms with E-state index in [0.717, 1.165) is 12.1 Å². The summed E-state index contributed by atoms with van der Waals surface area (Å²) in [6, 6.07) is 16.7. The predicted molar refractivity (Wildman–Crippen MR) is 111 cm³/mol. The van der Waals surface area contributed by atoms with Crippen LogP contribution >= 0.6 is 11.6 Å². The minimum atomic E-state index is -0.0956. The van der Waals surface area contributed by atoms with Crippen LogP contribution in [0.5, 0.6) is 0 Å². The molecule has 0 atom stereocenters. The Kier molecular flexibility index (Phi) is 5.62. The average Bonchev–Trinajstić information content (AvgIpc) is 3.12. The number of aromatic nitrogens is 2. The first-order valence-electron chi connectivity index (χ1n) is 9.56. The molecule has 2 aromatic carbocycles. The molecule has 1 aromatic heterocycles. The molecule has 6 nitrogen and oxygen atoms in total. The Bertz CT molecular complexity index is 1020. The summed E-state index contributed by atoms with van der Waals surface area (Å²) >= 11 is 6.17. The first-order valence-corrected chi connectivity index (χ1v) is 9.94. The molecule has 1 saturated heterocycles. The van der Waals surface area contributed by atoms with Crippen LogP contribution in [-0.2, 0) is 0 Å². The van der Waals surface area contributed by atoms with Crippen LogP contribution in [0.4, 0.5) is 0 Å². The second kappa shape index (κ2) is 8.49. The molecule has 0 aliphatic carbocycles. The number of halogens is 1. The van der Waals surface area contributed by atoms with E-state index in [0.29, 0.717) is 42.3 Å². The fourth-order valence-corrected chi connectivity index (χ4v) is 3.68. The molecule has 0 bridgehead atoms. The zero-order valence-electron chi connectivity index (χ0n) is 15.9. The molecule has 0 unspecified atom stereocenters. The van der Waals surface area contributed by atoms with E-state index in [9.17, 15) is 9.59 Å². The molecule has 0 radical (unpaired) electrons. The smallest absolute Gasteiger partial charge is 0.257 e. The van der Waals surface area contributed by atoms with Gasteiger partial charge in [-0.1, -0.05) is 41.9 Å². The fraction of sp³-hybridized carbons (Fsp3) is 0.227. The van der Waals surface area contributed by atoms with Gasteiger partial charge in [-0.25, -0.2) is 4.68 Å². The van der Waals surface area contributed by atoms with Crippen molar-refractivity contribution < 1.29 is 9.59 Å². The van der Waals surface area contributed by atoms with Gasteiger partial charge < -0.3 is 9.80 Å². The van der Waals surface area contributed by atoms with Crippen molar-refractivity contribution in [3.05, 3.63) is 83.1 Å². The van der Waals surface area contributed by atoms with Crippen LogP contribution in [0, 0.1) is 0 Å². The monoisotopic (exact) mass is 408 g/mol. The van der Waals surface area contributed by atoms with Gasteiger partial charge in [-0.15, -0.1) is 0 Å². The van der Waals surface area contributed by atoms with Crippen LogP contribution in [-0.4, -0.2) is 57.6 Å². The van der Waals surface area contributed by atoms with Gasteiger partial charge in [-0.05, 0) is 30.7 Å².